The van der Waals surface area contributed by atoms with Crippen molar-refractivity contribution in [1.82, 2.24) is 10.2 Å². The normalized spacial score (nSPS) is 14.2. The van der Waals surface area contributed by atoms with Crippen LogP contribution in [0.4, 0.5) is 5.69 Å². The largest absolute Gasteiger partial charge is 0.497 e. The summed E-state index contributed by atoms with van der Waals surface area (Å²) in [7, 11) is -2.27. The second-order valence-electron chi connectivity index (χ2n) is 10.2. The first-order valence-corrected chi connectivity index (χ1v) is 15.5. The van der Waals surface area contributed by atoms with E-state index in [1.165, 1.54) is 4.90 Å². The van der Waals surface area contributed by atoms with Gasteiger partial charge in [-0.15, -0.1) is 0 Å². The number of carbonyl (C=O) groups is 2. The van der Waals surface area contributed by atoms with Gasteiger partial charge in [0.2, 0.25) is 21.8 Å². The molecule has 0 aromatic heterocycles. The number of para-hydroxylation sites is 1. The maximum Gasteiger partial charge on any atom is 0.244 e. The Morgan fingerprint density at radius 2 is 1.49 bits per heavy atom. The Kier molecular flexibility index (Phi) is 9.88. The average Bonchev–Trinajstić information content (AvgIpc) is 3.48. The summed E-state index contributed by atoms with van der Waals surface area (Å²) >= 11 is 0. The van der Waals surface area contributed by atoms with Crippen molar-refractivity contribution in [3.8, 4) is 17.2 Å². The van der Waals surface area contributed by atoms with Gasteiger partial charge in [-0.2, -0.15) is 0 Å². The molecule has 0 aliphatic heterocycles. The quantitative estimate of drug-likeness (QED) is 0.333. The number of hydrogen-bond acceptors (Lipinski definition) is 6. The predicted octanol–water partition coefficient (Wildman–Crippen LogP) is 4.73. The zero-order valence-corrected chi connectivity index (χ0v) is 24.5. The number of nitrogens with one attached hydrogen (secondary N) is 1. The number of benzene rings is 3. The number of rotatable bonds is 12. The number of carbonyl (C=O) groups excluding carboxylic acids is 2. The van der Waals surface area contributed by atoms with Gasteiger partial charge in [0.15, 0.2) is 0 Å². The zero-order valence-electron chi connectivity index (χ0n) is 23.7. The second kappa shape index (κ2) is 13.5. The fraction of sp³-hybridized carbons (Fsp3) is 0.355. The summed E-state index contributed by atoms with van der Waals surface area (Å²) in [5, 5.41) is 3.06. The number of methoxy groups -OCH3 is 1. The summed E-state index contributed by atoms with van der Waals surface area (Å²) in [4.78, 5) is 28.4. The molecule has 2 amide bonds. The summed E-state index contributed by atoms with van der Waals surface area (Å²) in [6.45, 7) is 1.34. The molecule has 1 N–H and O–H groups in total. The Balaban J connectivity index is 1.55. The Morgan fingerprint density at radius 1 is 0.902 bits per heavy atom. The number of anilines is 1. The second-order valence-corrected chi connectivity index (χ2v) is 12.1. The highest BCUT2D eigenvalue weighted by Gasteiger charge is 2.31. The van der Waals surface area contributed by atoms with Gasteiger partial charge in [-0.25, -0.2) is 8.42 Å². The van der Waals surface area contributed by atoms with Crippen LogP contribution in [0.5, 0.6) is 17.2 Å². The molecule has 1 aliphatic carbocycles. The SMILES string of the molecule is COc1ccc(CN(C(=O)CN(c2ccc(Oc3ccccc3)cc2)S(C)(=O)=O)[C@H](C)C(=O)NC2CCCC2)cc1. The zero-order chi connectivity index (χ0) is 29.4. The minimum absolute atomic E-state index is 0.0898. The van der Waals surface area contributed by atoms with Crippen LogP contribution in [0.1, 0.15) is 38.2 Å². The molecule has 1 saturated carbocycles. The molecule has 0 heterocycles. The van der Waals surface area contributed by atoms with Crippen molar-refractivity contribution < 1.29 is 27.5 Å². The summed E-state index contributed by atoms with van der Waals surface area (Å²) in [6.07, 6.45) is 5.00. The van der Waals surface area contributed by atoms with Gasteiger partial charge in [0.25, 0.3) is 0 Å². The summed E-state index contributed by atoms with van der Waals surface area (Å²) in [6, 6.07) is 22.2. The van der Waals surface area contributed by atoms with E-state index >= 15 is 0 Å². The Bertz CT molecular complexity index is 1410. The first-order chi connectivity index (χ1) is 19.6. The third kappa shape index (κ3) is 8.23. The van der Waals surface area contributed by atoms with Crippen LogP contribution in [0.3, 0.4) is 0 Å². The van der Waals surface area contributed by atoms with Gasteiger partial charge in [0.1, 0.15) is 29.8 Å². The predicted molar refractivity (Wildman–Crippen MR) is 159 cm³/mol. The van der Waals surface area contributed by atoms with Crippen LogP contribution >= 0.6 is 0 Å². The molecule has 0 radical (unpaired) electrons. The summed E-state index contributed by atoms with van der Waals surface area (Å²) < 4.78 is 37.8. The third-order valence-electron chi connectivity index (χ3n) is 7.16. The number of nitrogens with zero attached hydrogens (tertiary/aromatic N) is 2. The Labute approximate surface area is 242 Å². The molecule has 3 aromatic carbocycles. The summed E-state index contributed by atoms with van der Waals surface area (Å²) in [5.74, 6) is 1.09. The van der Waals surface area contributed by atoms with Crippen molar-refractivity contribution in [1.29, 1.82) is 0 Å². The van der Waals surface area contributed by atoms with E-state index in [1.807, 2.05) is 42.5 Å². The van der Waals surface area contributed by atoms with Gasteiger partial charge in [-0.3, -0.25) is 13.9 Å². The standard InChI is InChI=1S/C31H37N3O6S/c1-23(31(36)32-25-9-7-8-10-25)33(21-24-13-17-27(39-2)18-14-24)30(35)22-34(41(3,37)38)26-15-19-29(20-16-26)40-28-11-5-4-6-12-28/h4-6,11-20,23,25H,7-10,21-22H2,1-3H3,(H,32,36)/t23-/m1/s1. The van der Waals surface area contributed by atoms with Crippen LogP contribution in [0, 0.1) is 0 Å². The molecule has 1 atom stereocenters. The van der Waals surface area contributed by atoms with E-state index in [-0.39, 0.29) is 18.5 Å². The molecule has 0 bridgehead atoms. The van der Waals surface area contributed by atoms with Crippen molar-refractivity contribution >= 4 is 27.5 Å². The van der Waals surface area contributed by atoms with E-state index in [2.05, 4.69) is 5.32 Å². The van der Waals surface area contributed by atoms with Crippen molar-refractivity contribution in [2.45, 2.75) is 51.2 Å². The molecule has 1 fully saturated rings. The lowest BCUT2D eigenvalue weighted by Gasteiger charge is -2.32. The molecular weight excluding hydrogens is 542 g/mol. The van der Waals surface area contributed by atoms with Gasteiger partial charge in [0.05, 0.1) is 19.1 Å². The highest BCUT2D eigenvalue weighted by molar-refractivity contribution is 7.92. The number of sulfonamides is 1. The highest BCUT2D eigenvalue weighted by atomic mass is 32.2. The maximum atomic E-state index is 13.8. The third-order valence-corrected chi connectivity index (χ3v) is 8.30. The van der Waals surface area contributed by atoms with E-state index in [9.17, 15) is 18.0 Å². The first-order valence-electron chi connectivity index (χ1n) is 13.7. The van der Waals surface area contributed by atoms with E-state index in [0.29, 0.717) is 22.9 Å². The number of ether oxygens (including phenoxy) is 2. The minimum atomic E-state index is -3.84. The molecule has 10 heteroatoms. The van der Waals surface area contributed by atoms with E-state index in [4.69, 9.17) is 9.47 Å². The Morgan fingerprint density at radius 3 is 2.07 bits per heavy atom. The van der Waals surface area contributed by atoms with Gasteiger partial charge < -0.3 is 19.7 Å². The molecule has 3 aromatic rings. The monoisotopic (exact) mass is 579 g/mol. The van der Waals surface area contributed by atoms with Crippen LogP contribution in [0.25, 0.3) is 0 Å². The lowest BCUT2D eigenvalue weighted by molar-refractivity contribution is -0.139. The number of hydrogen-bond donors (Lipinski definition) is 1. The smallest absolute Gasteiger partial charge is 0.244 e. The van der Waals surface area contributed by atoms with Crippen LogP contribution in [-0.2, 0) is 26.2 Å². The van der Waals surface area contributed by atoms with E-state index in [1.54, 1.807) is 50.4 Å². The van der Waals surface area contributed by atoms with Gasteiger partial charge in [-0.1, -0.05) is 43.2 Å². The molecule has 218 valence electrons. The van der Waals surface area contributed by atoms with Gasteiger partial charge in [-0.05, 0) is 73.9 Å². The molecule has 0 saturated heterocycles. The fourth-order valence-corrected chi connectivity index (χ4v) is 5.67. The van der Waals surface area contributed by atoms with Crippen molar-refractivity contribution in [2.24, 2.45) is 0 Å². The van der Waals surface area contributed by atoms with Gasteiger partial charge in [0, 0.05) is 12.6 Å². The molecular formula is C31H37N3O6S. The van der Waals surface area contributed by atoms with Crippen LogP contribution in [0.15, 0.2) is 78.9 Å². The van der Waals surface area contributed by atoms with Crippen LogP contribution < -0.4 is 19.1 Å². The van der Waals surface area contributed by atoms with Crippen molar-refractivity contribution in [2.75, 3.05) is 24.2 Å². The molecule has 0 spiro atoms. The lowest BCUT2D eigenvalue weighted by atomic mass is 10.1. The van der Waals surface area contributed by atoms with E-state index < -0.39 is 28.5 Å². The fourth-order valence-electron chi connectivity index (χ4n) is 4.82. The minimum Gasteiger partial charge on any atom is -0.497 e. The topological polar surface area (TPSA) is 105 Å². The maximum absolute atomic E-state index is 13.8. The Hall–Kier alpha value is -4.05. The van der Waals surface area contributed by atoms with Crippen LogP contribution in [-0.4, -0.2) is 57.1 Å². The van der Waals surface area contributed by atoms with Crippen molar-refractivity contribution in [3.63, 3.8) is 0 Å². The molecule has 1 aliphatic rings. The van der Waals surface area contributed by atoms with Crippen LogP contribution in [0.2, 0.25) is 0 Å². The van der Waals surface area contributed by atoms with E-state index in [0.717, 1.165) is 41.8 Å². The highest BCUT2D eigenvalue weighted by Crippen LogP contribution is 2.26. The first kappa shape index (κ1) is 29.9. The summed E-state index contributed by atoms with van der Waals surface area (Å²) in [5.41, 5.74) is 1.10. The van der Waals surface area contributed by atoms with Gasteiger partial charge >= 0.3 is 0 Å². The number of amides is 2. The van der Waals surface area contributed by atoms with Crippen molar-refractivity contribution in [3.05, 3.63) is 84.4 Å². The molecule has 9 nitrogen and oxygen atoms in total. The lowest BCUT2D eigenvalue weighted by Crippen LogP contribution is -2.52. The molecule has 4 rings (SSSR count). The average molecular weight is 580 g/mol. The molecule has 0 unspecified atom stereocenters. The molecule has 41 heavy (non-hydrogen) atoms.